The van der Waals surface area contributed by atoms with Crippen LogP contribution in [-0.4, -0.2) is 32.1 Å². The standard InChI is InChI=1S/C21H26N2O4/c1-4-27-19-11-9-18(10-12-19)23(16(2)24)14-13-21(25)22-15-17-7-5-6-8-20(17)26-3/h5-12H,4,13-15H2,1-3H3,(H,22,25). The van der Waals surface area contributed by atoms with Crippen molar-refractivity contribution in [3.63, 3.8) is 0 Å². The van der Waals surface area contributed by atoms with E-state index in [4.69, 9.17) is 9.47 Å². The summed E-state index contributed by atoms with van der Waals surface area (Å²) in [6.45, 7) is 4.68. The Morgan fingerprint density at radius 3 is 2.41 bits per heavy atom. The Morgan fingerprint density at radius 1 is 1.07 bits per heavy atom. The first kappa shape index (κ1) is 20.3. The number of para-hydroxylation sites is 1. The molecule has 0 atom stereocenters. The van der Waals surface area contributed by atoms with Crippen molar-refractivity contribution in [1.29, 1.82) is 0 Å². The lowest BCUT2D eigenvalue weighted by atomic mass is 10.2. The van der Waals surface area contributed by atoms with Gasteiger partial charge in [-0.3, -0.25) is 9.59 Å². The van der Waals surface area contributed by atoms with E-state index in [0.29, 0.717) is 19.7 Å². The molecular formula is C21H26N2O4. The average molecular weight is 370 g/mol. The van der Waals surface area contributed by atoms with E-state index >= 15 is 0 Å². The van der Waals surface area contributed by atoms with Crippen LogP contribution in [0.15, 0.2) is 48.5 Å². The molecule has 0 unspecified atom stereocenters. The van der Waals surface area contributed by atoms with Crippen molar-refractivity contribution in [3.8, 4) is 11.5 Å². The van der Waals surface area contributed by atoms with Crippen LogP contribution in [0.4, 0.5) is 5.69 Å². The molecule has 27 heavy (non-hydrogen) atoms. The smallest absolute Gasteiger partial charge is 0.223 e. The van der Waals surface area contributed by atoms with Crippen molar-refractivity contribution in [2.75, 3.05) is 25.2 Å². The fourth-order valence-corrected chi connectivity index (χ4v) is 2.70. The van der Waals surface area contributed by atoms with Gasteiger partial charge in [0.25, 0.3) is 0 Å². The number of hydrogen-bond donors (Lipinski definition) is 1. The summed E-state index contributed by atoms with van der Waals surface area (Å²) in [6.07, 6.45) is 0.210. The second kappa shape index (κ2) is 10.2. The minimum absolute atomic E-state index is 0.114. The summed E-state index contributed by atoms with van der Waals surface area (Å²) in [5.74, 6) is 1.24. The Morgan fingerprint density at radius 2 is 1.78 bits per heavy atom. The van der Waals surface area contributed by atoms with Gasteiger partial charge in [-0.25, -0.2) is 0 Å². The van der Waals surface area contributed by atoms with Gasteiger partial charge < -0.3 is 19.7 Å². The van der Waals surface area contributed by atoms with E-state index in [1.165, 1.54) is 6.92 Å². The highest BCUT2D eigenvalue weighted by Crippen LogP contribution is 2.20. The van der Waals surface area contributed by atoms with Gasteiger partial charge in [0.2, 0.25) is 11.8 Å². The van der Waals surface area contributed by atoms with Crippen LogP contribution in [0.2, 0.25) is 0 Å². The molecule has 0 fully saturated rings. The zero-order valence-electron chi connectivity index (χ0n) is 16.0. The van der Waals surface area contributed by atoms with Gasteiger partial charge in [0.1, 0.15) is 11.5 Å². The van der Waals surface area contributed by atoms with E-state index in [0.717, 1.165) is 22.7 Å². The molecule has 1 N–H and O–H groups in total. The summed E-state index contributed by atoms with van der Waals surface area (Å²) in [5.41, 5.74) is 1.65. The summed E-state index contributed by atoms with van der Waals surface area (Å²) >= 11 is 0. The Bertz CT molecular complexity index is 759. The van der Waals surface area contributed by atoms with E-state index in [2.05, 4.69) is 5.32 Å². The van der Waals surface area contributed by atoms with Gasteiger partial charge in [-0.2, -0.15) is 0 Å². The molecule has 2 rings (SSSR count). The van der Waals surface area contributed by atoms with E-state index in [-0.39, 0.29) is 18.2 Å². The Kier molecular flexibility index (Phi) is 7.67. The highest BCUT2D eigenvalue weighted by Gasteiger charge is 2.14. The lowest BCUT2D eigenvalue weighted by molar-refractivity contribution is -0.121. The fourth-order valence-electron chi connectivity index (χ4n) is 2.70. The molecule has 144 valence electrons. The first-order valence-corrected chi connectivity index (χ1v) is 8.94. The third-order valence-electron chi connectivity index (χ3n) is 4.07. The molecular weight excluding hydrogens is 344 g/mol. The molecule has 0 bridgehead atoms. The molecule has 0 heterocycles. The lowest BCUT2D eigenvalue weighted by Crippen LogP contribution is -2.33. The minimum Gasteiger partial charge on any atom is -0.496 e. The van der Waals surface area contributed by atoms with Gasteiger partial charge in [-0.05, 0) is 37.3 Å². The van der Waals surface area contributed by atoms with Crippen LogP contribution in [0, 0.1) is 0 Å². The first-order chi connectivity index (χ1) is 13.0. The summed E-state index contributed by atoms with van der Waals surface area (Å²) < 4.78 is 10.7. The quantitative estimate of drug-likeness (QED) is 0.736. The molecule has 0 spiro atoms. The molecule has 0 radical (unpaired) electrons. The third kappa shape index (κ3) is 6.02. The molecule has 0 aliphatic carbocycles. The number of rotatable bonds is 9. The average Bonchev–Trinajstić information content (AvgIpc) is 2.68. The molecule has 2 aromatic rings. The third-order valence-corrected chi connectivity index (χ3v) is 4.07. The predicted octanol–water partition coefficient (Wildman–Crippen LogP) is 3.15. The number of carbonyl (C=O) groups excluding carboxylic acids is 2. The maximum Gasteiger partial charge on any atom is 0.223 e. The minimum atomic E-state index is -0.127. The number of nitrogens with one attached hydrogen (secondary N) is 1. The molecule has 2 aromatic carbocycles. The van der Waals surface area contributed by atoms with Crippen LogP contribution >= 0.6 is 0 Å². The normalized spacial score (nSPS) is 10.2. The summed E-state index contributed by atoms with van der Waals surface area (Å²) in [7, 11) is 1.60. The predicted molar refractivity (Wildman–Crippen MR) is 105 cm³/mol. The first-order valence-electron chi connectivity index (χ1n) is 8.94. The Labute approximate surface area is 160 Å². The summed E-state index contributed by atoms with van der Waals surface area (Å²) in [6, 6.07) is 14.8. The number of nitrogens with zero attached hydrogens (tertiary/aromatic N) is 1. The van der Waals surface area contributed by atoms with Crippen LogP contribution in [0.5, 0.6) is 11.5 Å². The molecule has 6 nitrogen and oxygen atoms in total. The molecule has 0 aliphatic rings. The van der Waals surface area contributed by atoms with Crippen molar-refractivity contribution in [2.24, 2.45) is 0 Å². The molecule has 6 heteroatoms. The van der Waals surface area contributed by atoms with Crippen molar-refractivity contribution < 1.29 is 19.1 Å². The van der Waals surface area contributed by atoms with E-state index in [9.17, 15) is 9.59 Å². The number of anilines is 1. The topological polar surface area (TPSA) is 67.9 Å². The van der Waals surface area contributed by atoms with Crippen LogP contribution in [0.3, 0.4) is 0 Å². The highest BCUT2D eigenvalue weighted by molar-refractivity contribution is 5.92. The number of methoxy groups -OCH3 is 1. The zero-order valence-corrected chi connectivity index (χ0v) is 16.0. The van der Waals surface area contributed by atoms with Gasteiger partial charge >= 0.3 is 0 Å². The van der Waals surface area contributed by atoms with Crippen molar-refractivity contribution in [1.82, 2.24) is 5.32 Å². The monoisotopic (exact) mass is 370 g/mol. The number of amides is 2. The summed E-state index contributed by atoms with van der Waals surface area (Å²) in [5, 5.41) is 2.87. The van der Waals surface area contributed by atoms with Crippen molar-refractivity contribution in [3.05, 3.63) is 54.1 Å². The van der Waals surface area contributed by atoms with Gasteiger partial charge in [0.05, 0.1) is 13.7 Å². The van der Waals surface area contributed by atoms with Crippen molar-refractivity contribution >= 4 is 17.5 Å². The lowest BCUT2D eigenvalue weighted by Gasteiger charge is -2.21. The molecule has 0 aliphatic heterocycles. The van der Waals surface area contributed by atoms with Gasteiger partial charge in [0, 0.05) is 37.7 Å². The van der Waals surface area contributed by atoms with Crippen molar-refractivity contribution in [2.45, 2.75) is 26.8 Å². The van der Waals surface area contributed by atoms with Crippen LogP contribution in [-0.2, 0) is 16.1 Å². The number of benzene rings is 2. The van der Waals surface area contributed by atoms with Crippen LogP contribution < -0.4 is 19.7 Å². The SMILES string of the molecule is CCOc1ccc(N(CCC(=O)NCc2ccccc2OC)C(C)=O)cc1. The molecule has 0 saturated carbocycles. The van der Waals surface area contributed by atoms with Gasteiger partial charge in [-0.15, -0.1) is 0 Å². The number of hydrogen-bond acceptors (Lipinski definition) is 4. The van der Waals surface area contributed by atoms with Gasteiger partial charge in [-0.1, -0.05) is 18.2 Å². The van der Waals surface area contributed by atoms with Gasteiger partial charge in [0.15, 0.2) is 0 Å². The van der Waals surface area contributed by atoms with E-state index in [1.807, 2.05) is 55.5 Å². The second-order valence-electron chi connectivity index (χ2n) is 5.94. The number of ether oxygens (including phenoxy) is 2. The van der Waals surface area contributed by atoms with E-state index in [1.54, 1.807) is 12.0 Å². The molecule has 0 aromatic heterocycles. The molecule has 0 saturated heterocycles. The Hall–Kier alpha value is -3.02. The largest absolute Gasteiger partial charge is 0.496 e. The maximum atomic E-state index is 12.2. The number of carbonyl (C=O) groups is 2. The zero-order chi connectivity index (χ0) is 19.6. The van der Waals surface area contributed by atoms with Crippen LogP contribution in [0.25, 0.3) is 0 Å². The Balaban J connectivity index is 1.91. The molecule has 2 amide bonds. The maximum absolute atomic E-state index is 12.2. The summed E-state index contributed by atoms with van der Waals surface area (Å²) in [4.78, 5) is 25.8. The fraction of sp³-hybridized carbons (Fsp3) is 0.333. The highest BCUT2D eigenvalue weighted by atomic mass is 16.5. The van der Waals surface area contributed by atoms with E-state index < -0.39 is 0 Å². The second-order valence-corrected chi connectivity index (χ2v) is 5.94. The van der Waals surface area contributed by atoms with Crippen LogP contribution in [0.1, 0.15) is 25.8 Å².